The molecule has 2 atom stereocenters. The van der Waals surface area contributed by atoms with Crippen molar-refractivity contribution < 1.29 is 27.4 Å². The topological polar surface area (TPSA) is 82.1 Å². The Morgan fingerprint density at radius 3 is 2.58 bits per heavy atom. The Hall–Kier alpha value is -2.17. The van der Waals surface area contributed by atoms with E-state index < -0.39 is 23.1 Å². The molecule has 0 radical (unpaired) electrons. The molecule has 31 heavy (non-hydrogen) atoms. The third-order valence-corrected chi connectivity index (χ3v) is 6.09. The van der Waals surface area contributed by atoms with Crippen LogP contribution in [0.15, 0.2) is 48.5 Å². The number of benzene rings is 2. The van der Waals surface area contributed by atoms with E-state index in [1.54, 1.807) is 0 Å². The molecule has 2 aromatic rings. The number of morpholine rings is 1. The minimum Gasteiger partial charge on any atom is -0.760 e. The summed E-state index contributed by atoms with van der Waals surface area (Å²) in [5.74, 6) is -1.29. The van der Waals surface area contributed by atoms with Crippen LogP contribution in [0.2, 0.25) is 0 Å². The van der Waals surface area contributed by atoms with Crippen LogP contribution in [-0.4, -0.2) is 63.9 Å². The smallest absolute Gasteiger partial charge is 0.337 e. The molecule has 0 spiro atoms. The summed E-state index contributed by atoms with van der Waals surface area (Å²) in [6.45, 7) is 2.92. The quantitative estimate of drug-likeness (QED) is 0.433. The number of carbonyl (C=O) groups is 1. The van der Waals surface area contributed by atoms with E-state index in [-0.39, 0.29) is 30.3 Å². The monoisotopic (exact) mass is 449 g/mol. The van der Waals surface area contributed by atoms with Crippen molar-refractivity contribution in [1.82, 2.24) is 9.21 Å². The number of hydrogen-bond donors (Lipinski definition) is 0. The van der Waals surface area contributed by atoms with Gasteiger partial charge in [-0.2, -0.15) is 0 Å². The van der Waals surface area contributed by atoms with Crippen molar-refractivity contribution in [3.8, 4) is 0 Å². The molecule has 1 heterocycles. The minimum absolute atomic E-state index is 0.0303. The maximum absolute atomic E-state index is 14.5. The van der Waals surface area contributed by atoms with Gasteiger partial charge in [-0.25, -0.2) is 13.5 Å². The highest BCUT2D eigenvalue weighted by Crippen LogP contribution is 2.26. The molecule has 0 aromatic heterocycles. The summed E-state index contributed by atoms with van der Waals surface area (Å²) in [4.78, 5) is 13.8. The molecule has 2 unspecified atom stereocenters. The summed E-state index contributed by atoms with van der Waals surface area (Å²) >= 11 is -2.52. The van der Waals surface area contributed by atoms with E-state index in [1.807, 2.05) is 30.3 Å². The Labute approximate surface area is 184 Å². The molecule has 3 rings (SSSR count). The van der Waals surface area contributed by atoms with Gasteiger partial charge in [-0.3, -0.25) is 9.11 Å². The van der Waals surface area contributed by atoms with Crippen LogP contribution in [-0.2, 0) is 27.3 Å². The summed E-state index contributed by atoms with van der Waals surface area (Å²) in [6, 6.07) is 13.9. The Morgan fingerprint density at radius 2 is 1.97 bits per heavy atom. The fourth-order valence-electron chi connectivity index (χ4n) is 3.71. The molecule has 1 aliphatic rings. The first-order valence-corrected chi connectivity index (χ1v) is 11.1. The zero-order valence-corrected chi connectivity index (χ0v) is 18.2. The Morgan fingerprint density at radius 1 is 1.26 bits per heavy atom. The van der Waals surface area contributed by atoms with Crippen LogP contribution in [0, 0.1) is 5.82 Å². The highest BCUT2D eigenvalue weighted by Gasteiger charge is 2.24. The SMILES string of the molecule is COC(=O)c1ccc(CN(CCC(c2ccccc2)N2CCOCC2)S(=O)[O-])c(F)c1. The number of carbonyl (C=O) groups excluding carboxylic acids is 1. The molecule has 1 saturated heterocycles. The Bertz CT molecular complexity index is 893. The van der Waals surface area contributed by atoms with Crippen LogP contribution in [0.1, 0.15) is 33.9 Å². The molecular weight excluding hydrogens is 423 g/mol. The summed E-state index contributed by atoms with van der Waals surface area (Å²) < 4.78 is 49.4. The largest absolute Gasteiger partial charge is 0.760 e. The zero-order chi connectivity index (χ0) is 22.2. The average molecular weight is 450 g/mol. The van der Waals surface area contributed by atoms with Crippen molar-refractivity contribution in [3.05, 3.63) is 71.0 Å². The van der Waals surface area contributed by atoms with Crippen molar-refractivity contribution in [2.75, 3.05) is 40.0 Å². The Balaban J connectivity index is 1.72. The molecule has 0 N–H and O–H groups in total. The first-order valence-electron chi connectivity index (χ1n) is 10.1. The second-order valence-electron chi connectivity index (χ2n) is 7.24. The van der Waals surface area contributed by atoms with Gasteiger partial charge < -0.3 is 14.0 Å². The highest BCUT2D eigenvalue weighted by molar-refractivity contribution is 7.76. The van der Waals surface area contributed by atoms with E-state index in [0.29, 0.717) is 19.6 Å². The lowest BCUT2D eigenvalue weighted by Crippen LogP contribution is -2.40. The van der Waals surface area contributed by atoms with Crippen LogP contribution in [0.5, 0.6) is 0 Å². The van der Waals surface area contributed by atoms with Crippen LogP contribution in [0.25, 0.3) is 0 Å². The molecule has 0 aliphatic carbocycles. The predicted octanol–water partition coefficient (Wildman–Crippen LogP) is 2.67. The molecular formula is C22H26FN2O5S-. The van der Waals surface area contributed by atoms with Gasteiger partial charge in [0.2, 0.25) is 0 Å². The number of rotatable bonds is 9. The molecule has 168 valence electrons. The van der Waals surface area contributed by atoms with Crippen molar-refractivity contribution in [2.24, 2.45) is 0 Å². The third kappa shape index (κ3) is 6.41. The minimum atomic E-state index is -2.52. The number of ether oxygens (including phenoxy) is 2. The number of nitrogens with zero attached hydrogens (tertiary/aromatic N) is 2. The van der Waals surface area contributed by atoms with Gasteiger partial charge >= 0.3 is 5.97 Å². The van der Waals surface area contributed by atoms with Crippen LogP contribution < -0.4 is 0 Å². The normalized spacial score (nSPS) is 16.8. The number of halogens is 1. The van der Waals surface area contributed by atoms with Crippen molar-refractivity contribution >= 4 is 17.2 Å². The molecule has 1 fully saturated rings. The van der Waals surface area contributed by atoms with E-state index in [2.05, 4.69) is 9.64 Å². The first-order chi connectivity index (χ1) is 15.0. The predicted molar refractivity (Wildman–Crippen MR) is 113 cm³/mol. The van der Waals surface area contributed by atoms with Gasteiger partial charge in [0.05, 0.1) is 25.9 Å². The van der Waals surface area contributed by atoms with Crippen LogP contribution in [0.4, 0.5) is 4.39 Å². The maximum atomic E-state index is 14.5. The number of methoxy groups -OCH3 is 1. The van der Waals surface area contributed by atoms with E-state index in [1.165, 1.54) is 23.5 Å². The van der Waals surface area contributed by atoms with Crippen LogP contribution in [0.3, 0.4) is 0 Å². The van der Waals surface area contributed by atoms with Gasteiger partial charge in [0.1, 0.15) is 5.82 Å². The summed E-state index contributed by atoms with van der Waals surface area (Å²) in [7, 11) is 1.22. The molecule has 0 amide bonds. The summed E-state index contributed by atoms with van der Waals surface area (Å²) in [6.07, 6.45) is 0.555. The maximum Gasteiger partial charge on any atom is 0.337 e. The number of esters is 1. The third-order valence-electron chi connectivity index (χ3n) is 5.35. The second-order valence-corrected chi connectivity index (χ2v) is 8.19. The molecule has 1 aliphatic heterocycles. The molecule has 7 nitrogen and oxygen atoms in total. The van der Waals surface area contributed by atoms with E-state index in [0.717, 1.165) is 24.7 Å². The zero-order valence-electron chi connectivity index (χ0n) is 17.4. The van der Waals surface area contributed by atoms with Crippen molar-refractivity contribution in [3.63, 3.8) is 0 Å². The fourth-order valence-corrected chi connectivity index (χ4v) is 4.21. The molecule has 2 aromatic carbocycles. The van der Waals surface area contributed by atoms with Crippen molar-refractivity contribution in [1.29, 1.82) is 0 Å². The lowest BCUT2D eigenvalue weighted by atomic mass is 10.0. The van der Waals surface area contributed by atoms with Crippen LogP contribution >= 0.6 is 0 Å². The average Bonchev–Trinajstić information content (AvgIpc) is 2.80. The van der Waals surface area contributed by atoms with Gasteiger partial charge in [-0.05, 0) is 24.1 Å². The van der Waals surface area contributed by atoms with Gasteiger partial charge in [0.15, 0.2) is 0 Å². The molecule has 0 bridgehead atoms. The first kappa shape index (κ1) is 23.5. The summed E-state index contributed by atoms with van der Waals surface area (Å²) in [5.41, 5.74) is 1.38. The molecule has 9 heteroatoms. The van der Waals surface area contributed by atoms with E-state index in [4.69, 9.17) is 4.74 Å². The standard InChI is InChI=1S/C22H27FN2O5S/c1-29-22(26)18-7-8-19(20(23)15-18)16-25(31(27)28)10-9-21(17-5-3-2-4-6-17)24-11-13-30-14-12-24/h2-8,15,21H,9-14,16H2,1H3,(H,27,28)/p-1. The van der Waals surface area contributed by atoms with E-state index in [9.17, 15) is 17.9 Å². The van der Waals surface area contributed by atoms with Gasteiger partial charge in [-0.15, -0.1) is 0 Å². The Kier molecular flexibility index (Phi) is 8.68. The fraction of sp³-hybridized carbons (Fsp3) is 0.409. The van der Waals surface area contributed by atoms with Gasteiger partial charge in [0, 0.05) is 49.1 Å². The van der Waals surface area contributed by atoms with Gasteiger partial charge in [0.25, 0.3) is 0 Å². The highest BCUT2D eigenvalue weighted by atomic mass is 32.2. The molecule has 0 saturated carbocycles. The van der Waals surface area contributed by atoms with E-state index >= 15 is 0 Å². The second kappa shape index (κ2) is 11.4. The van der Waals surface area contributed by atoms with Gasteiger partial charge in [-0.1, -0.05) is 36.4 Å². The summed E-state index contributed by atoms with van der Waals surface area (Å²) in [5, 5.41) is 0. The lowest BCUT2D eigenvalue weighted by molar-refractivity contribution is 0.0132. The lowest BCUT2D eigenvalue weighted by Gasteiger charge is -2.36. The number of hydrogen-bond acceptors (Lipinski definition) is 6. The van der Waals surface area contributed by atoms with Crippen molar-refractivity contribution in [2.45, 2.75) is 19.0 Å².